The van der Waals surface area contributed by atoms with E-state index in [9.17, 15) is 4.79 Å². The summed E-state index contributed by atoms with van der Waals surface area (Å²) in [4.78, 5) is 11.4. The molecule has 0 aliphatic heterocycles. The number of rotatable bonds is 5. The number of nitrogen functional groups attached to an aromatic ring is 1. The maximum Gasteiger partial charge on any atom is 0.249 e. The van der Waals surface area contributed by atoms with Gasteiger partial charge in [-0.2, -0.15) is 0 Å². The van der Waals surface area contributed by atoms with E-state index in [2.05, 4.69) is 15.6 Å². The van der Waals surface area contributed by atoms with Crippen LogP contribution in [0.4, 0.5) is 5.95 Å². The van der Waals surface area contributed by atoms with Crippen molar-refractivity contribution in [3.05, 3.63) is 0 Å². The number of carbonyl (C=O) groups excluding carboxylic acids is 1. The highest BCUT2D eigenvalue weighted by Gasteiger charge is 2.21. The van der Waals surface area contributed by atoms with Crippen molar-refractivity contribution in [1.29, 1.82) is 0 Å². The number of nitrogens with one attached hydrogen (secondary N) is 1. The SMILES string of the molecule is COCC(Sc1nnc(N)n1C)C(=O)NN. The molecule has 16 heavy (non-hydrogen) atoms. The molecule has 5 N–H and O–H groups in total. The van der Waals surface area contributed by atoms with Crippen LogP contribution in [-0.4, -0.2) is 39.6 Å². The van der Waals surface area contributed by atoms with E-state index in [0.29, 0.717) is 5.16 Å². The van der Waals surface area contributed by atoms with Crippen LogP contribution in [0.5, 0.6) is 0 Å². The maximum absolute atomic E-state index is 11.4. The smallest absolute Gasteiger partial charge is 0.249 e. The molecule has 1 rings (SSSR count). The summed E-state index contributed by atoms with van der Waals surface area (Å²) in [5, 5.41) is 7.55. The molecule has 0 aliphatic carbocycles. The molecule has 1 aromatic heterocycles. The standard InChI is InChI=1S/C7H14N6O2S/c1-13-6(8)11-12-7(13)16-4(3-15-2)5(14)10-9/h4H,3,9H2,1-2H3,(H2,8,11)(H,10,14). The van der Waals surface area contributed by atoms with E-state index in [4.69, 9.17) is 16.3 Å². The van der Waals surface area contributed by atoms with Crippen molar-refractivity contribution in [1.82, 2.24) is 20.2 Å². The fraction of sp³-hybridized carbons (Fsp3) is 0.571. The lowest BCUT2D eigenvalue weighted by atomic mass is 10.4. The molecule has 1 amide bonds. The van der Waals surface area contributed by atoms with Crippen LogP contribution < -0.4 is 17.0 Å². The molecule has 9 heteroatoms. The number of nitrogens with two attached hydrogens (primary N) is 2. The van der Waals surface area contributed by atoms with Crippen LogP contribution in [0.1, 0.15) is 0 Å². The van der Waals surface area contributed by atoms with Gasteiger partial charge in [-0.1, -0.05) is 11.8 Å². The van der Waals surface area contributed by atoms with Gasteiger partial charge >= 0.3 is 0 Å². The monoisotopic (exact) mass is 246 g/mol. The number of anilines is 1. The zero-order valence-corrected chi connectivity index (χ0v) is 9.82. The molecule has 1 unspecified atom stereocenters. The highest BCUT2D eigenvalue weighted by Crippen LogP contribution is 2.22. The molecule has 0 aliphatic rings. The van der Waals surface area contributed by atoms with Gasteiger partial charge in [-0.3, -0.25) is 14.8 Å². The number of hydrazine groups is 1. The van der Waals surface area contributed by atoms with Crippen molar-refractivity contribution in [2.75, 3.05) is 19.5 Å². The van der Waals surface area contributed by atoms with Crippen molar-refractivity contribution in [3.8, 4) is 0 Å². The summed E-state index contributed by atoms with van der Waals surface area (Å²) in [5.41, 5.74) is 7.59. The van der Waals surface area contributed by atoms with Gasteiger partial charge in [0.25, 0.3) is 0 Å². The maximum atomic E-state index is 11.4. The number of hydrogen-bond donors (Lipinski definition) is 3. The van der Waals surface area contributed by atoms with Gasteiger partial charge in [-0.05, 0) is 0 Å². The topological polar surface area (TPSA) is 121 Å². The van der Waals surface area contributed by atoms with Crippen LogP contribution in [0, 0.1) is 0 Å². The molecule has 90 valence electrons. The lowest BCUT2D eigenvalue weighted by Crippen LogP contribution is -2.39. The average molecular weight is 246 g/mol. The normalized spacial score (nSPS) is 12.4. The van der Waals surface area contributed by atoms with E-state index >= 15 is 0 Å². The third-order valence-electron chi connectivity index (χ3n) is 1.87. The molecule has 0 radical (unpaired) electrons. The minimum atomic E-state index is -0.489. The predicted octanol–water partition coefficient (Wildman–Crippen LogP) is -1.51. The van der Waals surface area contributed by atoms with E-state index in [1.165, 1.54) is 18.9 Å². The number of aromatic nitrogens is 3. The van der Waals surface area contributed by atoms with Gasteiger partial charge in [0.05, 0.1) is 6.61 Å². The first kappa shape index (κ1) is 12.7. The number of thioether (sulfide) groups is 1. The summed E-state index contributed by atoms with van der Waals surface area (Å²) >= 11 is 1.19. The number of amides is 1. The molecule has 8 nitrogen and oxygen atoms in total. The Labute approximate surface area is 96.7 Å². The molecule has 0 aromatic carbocycles. The third kappa shape index (κ3) is 2.84. The Morgan fingerprint density at radius 1 is 1.69 bits per heavy atom. The van der Waals surface area contributed by atoms with Gasteiger partial charge in [0.1, 0.15) is 5.25 Å². The Hall–Kier alpha value is -1.32. The summed E-state index contributed by atoms with van der Waals surface area (Å²) in [6.07, 6.45) is 0. The fourth-order valence-corrected chi connectivity index (χ4v) is 1.94. The van der Waals surface area contributed by atoms with Crippen LogP contribution in [-0.2, 0) is 16.6 Å². The Balaban J connectivity index is 2.75. The molecule has 1 aromatic rings. The van der Waals surface area contributed by atoms with Crippen LogP contribution in [0.15, 0.2) is 5.16 Å². The molecule has 0 saturated carbocycles. The van der Waals surface area contributed by atoms with Crippen molar-refractivity contribution in [3.63, 3.8) is 0 Å². The second-order valence-corrected chi connectivity index (χ2v) is 4.14. The third-order valence-corrected chi connectivity index (χ3v) is 3.07. The summed E-state index contributed by atoms with van der Waals surface area (Å²) in [5.74, 6) is 5.01. The number of ether oxygens (including phenoxy) is 1. The minimum absolute atomic E-state index is 0.223. The van der Waals surface area contributed by atoms with Crippen LogP contribution >= 0.6 is 11.8 Å². The number of carbonyl (C=O) groups is 1. The lowest BCUT2D eigenvalue weighted by molar-refractivity contribution is -0.121. The summed E-state index contributed by atoms with van der Waals surface area (Å²) in [6.45, 7) is 0.223. The van der Waals surface area contributed by atoms with Crippen LogP contribution in [0.3, 0.4) is 0 Å². The Bertz CT molecular complexity index is 368. The first-order chi connectivity index (χ1) is 7.60. The molecule has 0 bridgehead atoms. The minimum Gasteiger partial charge on any atom is -0.383 e. The van der Waals surface area contributed by atoms with E-state index < -0.39 is 5.25 Å². The van der Waals surface area contributed by atoms with Crippen molar-refractivity contribution >= 4 is 23.6 Å². The van der Waals surface area contributed by atoms with Gasteiger partial charge in [0.15, 0.2) is 5.16 Å². The summed E-state index contributed by atoms with van der Waals surface area (Å²) in [7, 11) is 3.21. The van der Waals surface area contributed by atoms with Crippen LogP contribution in [0.2, 0.25) is 0 Å². The highest BCUT2D eigenvalue weighted by atomic mass is 32.2. The fourth-order valence-electron chi connectivity index (χ4n) is 0.964. The first-order valence-electron chi connectivity index (χ1n) is 4.41. The highest BCUT2D eigenvalue weighted by molar-refractivity contribution is 8.00. The average Bonchev–Trinajstić information content (AvgIpc) is 2.59. The summed E-state index contributed by atoms with van der Waals surface area (Å²) < 4.78 is 6.50. The Kier molecular flexibility index (Phi) is 4.52. The Morgan fingerprint density at radius 3 is 2.81 bits per heavy atom. The van der Waals surface area contributed by atoms with Gasteiger partial charge in [0.2, 0.25) is 11.9 Å². The second kappa shape index (κ2) is 5.68. The number of methoxy groups -OCH3 is 1. The lowest BCUT2D eigenvalue weighted by Gasteiger charge is -2.12. The zero-order chi connectivity index (χ0) is 12.1. The molecule has 0 saturated heterocycles. The summed E-state index contributed by atoms with van der Waals surface area (Å²) in [6, 6.07) is 0. The number of hydrogen-bond acceptors (Lipinski definition) is 7. The molecule has 1 atom stereocenters. The van der Waals surface area contributed by atoms with Gasteiger partial charge in [0, 0.05) is 14.2 Å². The van der Waals surface area contributed by atoms with E-state index in [1.54, 1.807) is 11.6 Å². The molecule has 1 heterocycles. The van der Waals surface area contributed by atoms with Gasteiger partial charge in [-0.25, -0.2) is 5.84 Å². The predicted molar refractivity (Wildman–Crippen MR) is 59.3 cm³/mol. The zero-order valence-electron chi connectivity index (χ0n) is 9.01. The van der Waals surface area contributed by atoms with E-state index in [0.717, 1.165) is 0 Å². The van der Waals surface area contributed by atoms with Crippen molar-refractivity contribution in [2.24, 2.45) is 12.9 Å². The van der Waals surface area contributed by atoms with Crippen LogP contribution in [0.25, 0.3) is 0 Å². The van der Waals surface area contributed by atoms with Gasteiger partial charge < -0.3 is 10.5 Å². The molecule has 0 fully saturated rings. The van der Waals surface area contributed by atoms with Crippen molar-refractivity contribution in [2.45, 2.75) is 10.4 Å². The van der Waals surface area contributed by atoms with Gasteiger partial charge in [-0.15, -0.1) is 10.2 Å². The molecular weight excluding hydrogens is 232 g/mol. The first-order valence-corrected chi connectivity index (χ1v) is 5.29. The van der Waals surface area contributed by atoms with E-state index in [1.807, 2.05) is 0 Å². The quantitative estimate of drug-likeness (QED) is 0.250. The second-order valence-electron chi connectivity index (χ2n) is 2.97. The largest absolute Gasteiger partial charge is 0.383 e. The molecule has 0 spiro atoms. The molecular formula is C7H14N6O2S. The van der Waals surface area contributed by atoms with E-state index in [-0.39, 0.29) is 18.5 Å². The Morgan fingerprint density at radius 2 is 2.38 bits per heavy atom. The number of nitrogens with zero attached hydrogens (tertiary/aromatic N) is 3. The van der Waals surface area contributed by atoms with Crippen molar-refractivity contribution < 1.29 is 9.53 Å².